The summed E-state index contributed by atoms with van der Waals surface area (Å²) >= 11 is 0. The number of aromatic nitrogens is 1. The van der Waals surface area contributed by atoms with Gasteiger partial charge in [0.05, 0.1) is 5.56 Å². The maximum absolute atomic E-state index is 13.3. The van der Waals surface area contributed by atoms with E-state index in [2.05, 4.69) is 15.6 Å². The smallest absolute Gasteiger partial charge is 0.274 e. The predicted octanol–water partition coefficient (Wildman–Crippen LogP) is 2.19. The Hall–Kier alpha value is -3.12. The van der Waals surface area contributed by atoms with Crippen molar-refractivity contribution < 1.29 is 17.9 Å². The Balaban J connectivity index is 1.71. The second kappa shape index (κ2) is 6.99. The summed E-state index contributed by atoms with van der Waals surface area (Å²) in [4.78, 5) is 16.7. The Labute approximate surface area is 174 Å². The lowest BCUT2D eigenvalue weighted by Crippen LogP contribution is -2.34. The normalized spacial score (nSPS) is 14.8. The van der Waals surface area contributed by atoms with Crippen molar-refractivity contribution in [1.29, 1.82) is 0 Å². The standard InChI is InChI=1S/C22H21N3O4S/c1-4-13-5-7-16-18(11-13)25-21-19(16)20(26)15-8-6-14(12-17(15)22(21,2)3)29-10-9-24-30(23,27)28/h1,5-8,11-12,24-25H,9-10H2,2-3H3,(H2,23,27,28). The zero-order valence-electron chi connectivity index (χ0n) is 16.6. The van der Waals surface area contributed by atoms with Crippen molar-refractivity contribution in [2.45, 2.75) is 19.3 Å². The van der Waals surface area contributed by atoms with Crippen molar-refractivity contribution in [2.24, 2.45) is 5.14 Å². The number of rotatable bonds is 5. The number of nitrogens with one attached hydrogen (secondary N) is 2. The van der Waals surface area contributed by atoms with E-state index in [1.54, 1.807) is 12.1 Å². The lowest BCUT2D eigenvalue weighted by atomic mass is 9.71. The first kappa shape index (κ1) is 20.2. The lowest BCUT2D eigenvalue weighted by molar-refractivity contribution is 0.103. The number of terminal acetylenes is 1. The molecule has 30 heavy (non-hydrogen) atoms. The summed E-state index contributed by atoms with van der Waals surface area (Å²) in [7, 11) is -3.76. The van der Waals surface area contributed by atoms with Crippen molar-refractivity contribution in [3.8, 4) is 18.1 Å². The Morgan fingerprint density at radius 2 is 2.00 bits per heavy atom. The Morgan fingerprint density at radius 3 is 2.70 bits per heavy atom. The van der Waals surface area contributed by atoms with Gasteiger partial charge in [0.1, 0.15) is 12.4 Å². The second-order valence-corrected chi connectivity index (χ2v) is 9.11. The number of fused-ring (bicyclic) bond motifs is 4. The highest BCUT2D eigenvalue weighted by Gasteiger charge is 2.39. The van der Waals surface area contributed by atoms with E-state index in [9.17, 15) is 13.2 Å². The third-order valence-corrected chi connectivity index (χ3v) is 6.01. The molecule has 0 amide bonds. The molecule has 0 saturated heterocycles. The number of ketones is 1. The van der Waals surface area contributed by atoms with Crippen molar-refractivity contribution in [3.05, 3.63) is 64.3 Å². The summed E-state index contributed by atoms with van der Waals surface area (Å²) in [6, 6.07) is 10.9. The van der Waals surface area contributed by atoms with Crippen molar-refractivity contribution >= 4 is 26.9 Å². The van der Waals surface area contributed by atoms with Crippen molar-refractivity contribution in [2.75, 3.05) is 13.2 Å². The highest BCUT2D eigenvalue weighted by Crippen LogP contribution is 2.44. The Morgan fingerprint density at radius 1 is 1.23 bits per heavy atom. The van der Waals surface area contributed by atoms with Gasteiger partial charge in [-0.05, 0) is 35.9 Å². The summed E-state index contributed by atoms with van der Waals surface area (Å²) in [6.45, 7) is 4.24. The van der Waals surface area contributed by atoms with Gasteiger partial charge in [0.25, 0.3) is 10.2 Å². The van der Waals surface area contributed by atoms with Crippen LogP contribution in [0.5, 0.6) is 5.75 Å². The maximum atomic E-state index is 13.3. The Bertz CT molecular complexity index is 1330. The number of ether oxygens (including phenoxy) is 1. The summed E-state index contributed by atoms with van der Waals surface area (Å²) in [5.41, 5.74) is 4.04. The van der Waals surface area contributed by atoms with Gasteiger partial charge in [-0.3, -0.25) is 4.79 Å². The van der Waals surface area contributed by atoms with E-state index in [1.807, 2.05) is 38.1 Å². The number of benzene rings is 2. The molecule has 8 heteroatoms. The molecule has 0 saturated carbocycles. The minimum Gasteiger partial charge on any atom is -0.492 e. The van der Waals surface area contributed by atoms with Crippen LogP contribution in [0.25, 0.3) is 10.9 Å². The fourth-order valence-electron chi connectivity index (χ4n) is 3.94. The molecule has 0 atom stereocenters. The van der Waals surface area contributed by atoms with Crippen LogP contribution >= 0.6 is 0 Å². The number of hydrogen-bond acceptors (Lipinski definition) is 4. The van der Waals surface area contributed by atoms with Crippen LogP contribution in [-0.4, -0.2) is 32.3 Å². The van der Waals surface area contributed by atoms with Crippen LogP contribution in [0.3, 0.4) is 0 Å². The maximum Gasteiger partial charge on any atom is 0.274 e. The molecule has 3 aromatic rings. The van der Waals surface area contributed by atoms with E-state index in [0.717, 1.165) is 27.7 Å². The average Bonchev–Trinajstić information content (AvgIpc) is 3.09. The molecule has 0 bridgehead atoms. The molecule has 2 aromatic carbocycles. The van der Waals surface area contributed by atoms with Gasteiger partial charge in [0.2, 0.25) is 0 Å². The summed E-state index contributed by atoms with van der Waals surface area (Å²) in [6.07, 6.45) is 5.51. The van der Waals surface area contributed by atoms with Gasteiger partial charge < -0.3 is 9.72 Å². The van der Waals surface area contributed by atoms with Gasteiger partial charge in [0, 0.05) is 39.7 Å². The molecule has 0 unspecified atom stereocenters. The van der Waals surface area contributed by atoms with Crippen LogP contribution in [0.1, 0.15) is 46.6 Å². The third kappa shape index (κ3) is 3.37. The van der Waals surface area contributed by atoms with Gasteiger partial charge in [-0.1, -0.05) is 25.8 Å². The fraction of sp³-hybridized carbons (Fsp3) is 0.227. The first-order valence-electron chi connectivity index (χ1n) is 9.34. The molecular formula is C22H21N3O4S. The zero-order valence-corrected chi connectivity index (χ0v) is 17.4. The molecule has 154 valence electrons. The van der Waals surface area contributed by atoms with Crippen LogP contribution in [-0.2, 0) is 15.6 Å². The van der Waals surface area contributed by atoms with Crippen LogP contribution < -0.4 is 14.6 Å². The molecule has 1 heterocycles. The molecule has 1 aliphatic rings. The highest BCUT2D eigenvalue weighted by atomic mass is 32.2. The second-order valence-electron chi connectivity index (χ2n) is 7.73. The number of hydrogen-bond donors (Lipinski definition) is 3. The van der Waals surface area contributed by atoms with Gasteiger partial charge in [-0.2, -0.15) is 13.1 Å². The van der Waals surface area contributed by atoms with Gasteiger partial charge in [-0.25, -0.2) is 5.14 Å². The van der Waals surface area contributed by atoms with E-state index in [1.165, 1.54) is 0 Å². The van der Waals surface area contributed by atoms with Crippen molar-refractivity contribution in [1.82, 2.24) is 9.71 Å². The predicted molar refractivity (Wildman–Crippen MR) is 115 cm³/mol. The van der Waals surface area contributed by atoms with E-state index in [-0.39, 0.29) is 18.9 Å². The minimum absolute atomic E-state index is 0.0436. The molecule has 1 aromatic heterocycles. The molecule has 1 aliphatic carbocycles. The minimum atomic E-state index is -3.76. The van der Waals surface area contributed by atoms with E-state index >= 15 is 0 Å². The third-order valence-electron chi connectivity index (χ3n) is 5.40. The van der Waals surface area contributed by atoms with Gasteiger partial charge >= 0.3 is 0 Å². The molecule has 0 aliphatic heterocycles. The highest BCUT2D eigenvalue weighted by molar-refractivity contribution is 7.87. The van der Waals surface area contributed by atoms with Crippen LogP contribution in [0.2, 0.25) is 0 Å². The number of H-pyrrole nitrogens is 1. The first-order valence-corrected chi connectivity index (χ1v) is 10.9. The van der Waals surface area contributed by atoms with Crippen LogP contribution in [0.4, 0.5) is 0 Å². The molecule has 4 N–H and O–H groups in total. The average molecular weight is 423 g/mol. The van der Waals surface area contributed by atoms with Crippen molar-refractivity contribution in [3.63, 3.8) is 0 Å². The first-order chi connectivity index (χ1) is 14.1. The van der Waals surface area contributed by atoms with Gasteiger partial charge in [-0.15, -0.1) is 6.42 Å². The Kier molecular flexibility index (Phi) is 4.70. The molecule has 4 rings (SSSR count). The number of aromatic amines is 1. The topological polar surface area (TPSA) is 114 Å². The lowest BCUT2D eigenvalue weighted by Gasteiger charge is -2.32. The number of carbonyl (C=O) groups excluding carboxylic acids is 1. The molecule has 0 radical (unpaired) electrons. The van der Waals surface area contributed by atoms with E-state index < -0.39 is 15.6 Å². The van der Waals surface area contributed by atoms with Crippen LogP contribution in [0.15, 0.2) is 36.4 Å². The summed E-state index contributed by atoms with van der Waals surface area (Å²) in [5, 5.41) is 5.76. The SMILES string of the molecule is C#Cc1ccc2c3c([nH]c2c1)C(C)(C)c1cc(OCCNS(N)(=O)=O)ccc1C3=O. The summed E-state index contributed by atoms with van der Waals surface area (Å²) < 4.78 is 29.7. The van der Waals surface area contributed by atoms with E-state index in [0.29, 0.717) is 16.9 Å². The quantitative estimate of drug-likeness (QED) is 0.431. The van der Waals surface area contributed by atoms with E-state index in [4.69, 9.17) is 16.3 Å². The molecule has 7 nitrogen and oxygen atoms in total. The van der Waals surface area contributed by atoms with Crippen LogP contribution in [0, 0.1) is 12.3 Å². The fourth-order valence-corrected chi connectivity index (χ4v) is 4.31. The van der Waals surface area contributed by atoms with Gasteiger partial charge in [0.15, 0.2) is 5.78 Å². The number of nitrogens with two attached hydrogens (primary N) is 1. The molecule has 0 fully saturated rings. The molecular weight excluding hydrogens is 402 g/mol. The monoisotopic (exact) mass is 423 g/mol. The summed E-state index contributed by atoms with van der Waals surface area (Å²) in [5.74, 6) is 3.11. The zero-order chi connectivity index (χ0) is 21.7. The number of carbonyl (C=O) groups is 1. The largest absolute Gasteiger partial charge is 0.492 e. The molecule has 0 spiro atoms.